The number of nitrogens with zero attached hydrogens (tertiary/aromatic N) is 1. The highest BCUT2D eigenvalue weighted by atomic mass is 16.3. The maximum absolute atomic E-state index is 11.5. The zero-order chi connectivity index (χ0) is 11.4. The van der Waals surface area contributed by atoms with E-state index in [0.717, 1.165) is 30.6 Å². The van der Waals surface area contributed by atoms with Crippen molar-refractivity contribution in [1.29, 1.82) is 0 Å². The van der Waals surface area contributed by atoms with Crippen LogP contribution >= 0.6 is 0 Å². The van der Waals surface area contributed by atoms with Gasteiger partial charge in [-0.3, -0.25) is 0 Å². The molecule has 1 fully saturated rings. The van der Waals surface area contributed by atoms with Crippen LogP contribution in [0.2, 0.25) is 0 Å². The summed E-state index contributed by atoms with van der Waals surface area (Å²) in [7, 11) is 0. The second kappa shape index (κ2) is 4.99. The van der Waals surface area contributed by atoms with Crippen molar-refractivity contribution in [2.45, 2.75) is 19.6 Å². The highest BCUT2D eigenvalue weighted by molar-refractivity contribution is 5.74. The van der Waals surface area contributed by atoms with Gasteiger partial charge in [0.25, 0.3) is 0 Å². The molecule has 0 radical (unpaired) electrons. The number of aliphatic hydroxyl groups excluding tert-OH is 1. The number of benzene rings is 1. The number of hydrogen-bond acceptors (Lipinski definition) is 2. The predicted molar refractivity (Wildman–Crippen MR) is 60.8 cm³/mol. The Kier molecular flexibility index (Phi) is 3.41. The van der Waals surface area contributed by atoms with Gasteiger partial charge in [-0.1, -0.05) is 24.3 Å². The monoisotopic (exact) mass is 220 g/mol. The van der Waals surface area contributed by atoms with Gasteiger partial charge in [-0.15, -0.1) is 0 Å². The number of carbonyl (C=O) groups excluding carboxylic acids is 1. The molecule has 1 aromatic carbocycles. The summed E-state index contributed by atoms with van der Waals surface area (Å²) in [5.41, 5.74) is 1.99. The third-order valence-corrected chi connectivity index (χ3v) is 2.75. The summed E-state index contributed by atoms with van der Waals surface area (Å²) in [4.78, 5) is 13.3. The minimum Gasteiger partial charge on any atom is -0.392 e. The summed E-state index contributed by atoms with van der Waals surface area (Å²) < 4.78 is 0. The van der Waals surface area contributed by atoms with Gasteiger partial charge in [0.15, 0.2) is 0 Å². The molecule has 0 spiro atoms. The Hall–Kier alpha value is -1.55. The lowest BCUT2D eigenvalue weighted by Crippen LogP contribution is -2.45. The van der Waals surface area contributed by atoms with Gasteiger partial charge >= 0.3 is 6.03 Å². The van der Waals surface area contributed by atoms with E-state index in [4.69, 9.17) is 5.11 Å². The van der Waals surface area contributed by atoms with E-state index in [1.807, 2.05) is 24.3 Å². The number of carbonyl (C=O) groups is 1. The molecule has 1 aliphatic heterocycles. The molecule has 1 saturated heterocycles. The molecule has 0 aliphatic carbocycles. The van der Waals surface area contributed by atoms with Crippen LogP contribution in [0.5, 0.6) is 0 Å². The van der Waals surface area contributed by atoms with Gasteiger partial charge in [0.05, 0.1) is 6.61 Å². The third kappa shape index (κ3) is 2.52. The van der Waals surface area contributed by atoms with Crippen LogP contribution in [0.3, 0.4) is 0 Å². The molecule has 0 unspecified atom stereocenters. The van der Waals surface area contributed by atoms with Crippen molar-refractivity contribution in [3.05, 3.63) is 35.4 Å². The molecule has 4 heteroatoms. The lowest BCUT2D eigenvalue weighted by molar-refractivity contribution is 0.183. The smallest absolute Gasteiger partial charge is 0.317 e. The fourth-order valence-electron chi connectivity index (χ4n) is 1.80. The van der Waals surface area contributed by atoms with Gasteiger partial charge in [0.1, 0.15) is 0 Å². The van der Waals surface area contributed by atoms with Crippen molar-refractivity contribution in [2.24, 2.45) is 0 Å². The summed E-state index contributed by atoms with van der Waals surface area (Å²) >= 11 is 0. The second-order valence-corrected chi connectivity index (χ2v) is 3.98. The van der Waals surface area contributed by atoms with Crippen LogP contribution in [0.4, 0.5) is 4.79 Å². The van der Waals surface area contributed by atoms with Crippen LogP contribution < -0.4 is 5.32 Å². The number of urea groups is 1. The first-order valence-corrected chi connectivity index (χ1v) is 5.51. The van der Waals surface area contributed by atoms with E-state index in [9.17, 15) is 4.79 Å². The Morgan fingerprint density at radius 2 is 1.94 bits per heavy atom. The SMILES string of the molecule is O=C1NCCCN1Cc1ccc(CO)cc1. The molecule has 4 nitrogen and oxygen atoms in total. The fourth-order valence-corrected chi connectivity index (χ4v) is 1.80. The third-order valence-electron chi connectivity index (χ3n) is 2.75. The lowest BCUT2D eigenvalue weighted by Gasteiger charge is -2.27. The zero-order valence-corrected chi connectivity index (χ0v) is 9.15. The van der Waals surface area contributed by atoms with Crippen LogP contribution in [-0.4, -0.2) is 29.1 Å². The van der Waals surface area contributed by atoms with Crippen molar-refractivity contribution in [1.82, 2.24) is 10.2 Å². The Balaban J connectivity index is 1.99. The van der Waals surface area contributed by atoms with Crippen molar-refractivity contribution in [3.8, 4) is 0 Å². The predicted octanol–water partition coefficient (Wildman–Crippen LogP) is 1.09. The lowest BCUT2D eigenvalue weighted by atomic mass is 10.1. The van der Waals surface area contributed by atoms with Gasteiger partial charge in [0.2, 0.25) is 0 Å². The van der Waals surface area contributed by atoms with E-state index in [2.05, 4.69) is 5.32 Å². The molecule has 1 heterocycles. The van der Waals surface area contributed by atoms with Gasteiger partial charge in [-0.05, 0) is 17.5 Å². The number of rotatable bonds is 3. The average molecular weight is 220 g/mol. The molecule has 2 N–H and O–H groups in total. The zero-order valence-electron chi connectivity index (χ0n) is 9.15. The second-order valence-electron chi connectivity index (χ2n) is 3.98. The Morgan fingerprint density at radius 3 is 2.56 bits per heavy atom. The first-order chi connectivity index (χ1) is 7.79. The van der Waals surface area contributed by atoms with Crippen molar-refractivity contribution < 1.29 is 9.90 Å². The van der Waals surface area contributed by atoms with Gasteiger partial charge < -0.3 is 15.3 Å². The van der Waals surface area contributed by atoms with E-state index < -0.39 is 0 Å². The minimum atomic E-state index is 0.0116. The first-order valence-electron chi connectivity index (χ1n) is 5.51. The average Bonchev–Trinajstić information content (AvgIpc) is 2.33. The molecular formula is C12H16N2O2. The Labute approximate surface area is 94.9 Å². The summed E-state index contributed by atoms with van der Waals surface area (Å²) in [5.74, 6) is 0. The largest absolute Gasteiger partial charge is 0.392 e. The van der Waals surface area contributed by atoms with Gasteiger partial charge in [-0.25, -0.2) is 4.79 Å². The minimum absolute atomic E-state index is 0.0116. The highest BCUT2D eigenvalue weighted by Gasteiger charge is 2.16. The van der Waals surface area contributed by atoms with Crippen molar-refractivity contribution in [3.63, 3.8) is 0 Å². The van der Waals surface area contributed by atoms with E-state index in [1.54, 1.807) is 4.90 Å². The van der Waals surface area contributed by atoms with Crippen LogP contribution in [0.1, 0.15) is 17.5 Å². The molecule has 2 amide bonds. The molecule has 0 saturated carbocycles. The molecule has 0 bridgehead atoms. The van der Waals surface area contributed by atoms with Crippen LogP contribution in [0.15, 0.2) is 24.3 Å². The van der Waals surface area contributed by atoms with Crippen molar-refractivity contribution >= 4 is 6.03 Å². The Morgan fingerprint density at radius 1 is 1.25 bits per heavy atom. The quantitative estimate of drug-likeness (QED) is 0.801. The highest BCUT2D eigenvalue weighted by Crippen LogP contribution is 2.09. The van der Waals surface area contributed by atoms with Gasteiger partial charge in [0, 0.05) is 19.6 Å². The topological polar surface area (TPSA) is 52.6 Å². The number of amides is 2. The summed E-state index contributed by atoms with van der Waals surface area (Å²) in [6, 6.07) is 7.69. The number of aliphatic hydroxyl groups is 1. The molecule has 2 rings (SSSR count). The molecular weight excluding hydrogens is 204 g/mol. The number of hydrogen-bond donors (Lipinski definition) is 2. The van der Waals surface area contributed by atoms with E-state index in [-0.39, 0.29) is 12.6 Å². The maximum atomic E-state index is 11.5. The summed E-state index contributed by atoms with van der Waals surface area (Å²) in [6.07, 6.45) is 1.00. The number of nitrogens with one attached hydrogen (secondary N) is 1. The standard InChI is InChI=1S/C12H16N2O2/c15-9-11-4-2-10(3-5-11)8-14-7-1-6-13-12(14)16/h2-5,15H,1,6-9H2,(H,13,16). The molecule has 16 heavy (non-hydrogen) atoms. The summed E-state index contributed by atoms with van der Waals surface area (Å²) in [5, 5.41) is 11.7. The van der Waals surface area contributed by atoms with E-state index in [0.29, 0.717) is 6.54 Å². The van der Waals surface area contributed by atoms with Crippen LogP contribution in [0.25, 0.3) is 0 Å². The molecule has 86 valence electrons. The first kappa shape index (κ1) is 11.0. The fraction of sp³-hybridized carbons (Fsp3) is 0.417. The van der Waals surface area contributed by atoms with Gasteiger partial charge in [-0.2, -0.15) is 0 Å². The Bertz CT molecular complexity index is 362. The van der Waals surface area contributed by atoms with Crippen molar-refractivity contribution in [2.75, 3.05) is 13.1 Å². The molecule has 0 aromatic heterocycles. The van der Waals surface area contributed by atoms with Crippen LogP contribution in [0, 0.1) is 0 Å². The van der Waals surface area contributed by atoms with E-state index in [1.165, 1.54) is 0 Å². The normalized spacial score (nSPS) is 16.1. The molecule has 1 aliphatic rings. The molecule has 1 aromatic rings. The molecule has 0 atom stereocenters. The maximum Gasteiger partial charge on any atom is 0.317 e. The van der Waals surface area contributed by atoms with Crippen LogP contribution in [-0.2, 0) is 13.2 Å². The summed E-state index contributed by atoms with van der Waals surface area (Å²) in [6.45, 7) is 2.29. The van der Waals surface area contributed by atoms with E-state index >= 15 is 0 Å².